The topological polar surface area (TPSA) is 44.8 Å². The molecule has 0 fully saturated rings. The van der Waals surface area contributed by atoms with Crippen LogP contribution in [0.25, 0.3) is 0 Å². The molecule has 0 saturated heterocycles. The summed E-state index contributed by atoms with van der Waals surface area (Å²) < 4.78 is 15.8. The van der Waals surface area contributed by atoms with Gasteiger partial charge >= 0.3 is 5.97 Å². The second-order valence-corrected chi connectivity index (χ2v) is 6.14. The lowest BCUT2D eigenvalue weighted by atomic mass is 10.3. The Kier molecular flexibility index (Phi) is 9.02. The molecule has 5 heteroatoms. The van der Waals surface area contributed by atoms with Gasteiger partial charge in [0.25, 0.3) is 0 Å². The van der Waals surface area contributed by atoms with Crippen molar-refractivity contribution in [2.24, 2.45) is 0 Å². The van der Waals surface area contributed by atoms with E-state index >= 15 is 0 Å². The zero-order chi connectivity index (χ0) is 13.1. The molecule has 0 radical (unpaired) electrons. The van der Waals surface area contributed by atoms with Gasteiger partial charge in [-0.05, 0) is 12.8 Å². The minimum atomic E-state index is -0.439. The van der Waals surface area contributed by atoms with Crippen molar-refractivity contribution in [3.63, 3.8) is 0 Å². The van der Waals surface area contributed by atoms with E-state index in [1.807, 2.05) is 0 Å². The van der Waals surface area contributed by atoms with Gasteiger partial charge in [-0.25, -0.2) is 4.79 Å². The molecule has 0 unspecified atom stereocenters. The van der Waals surface area contributed by atoms with Gasteiger partial charge in [0.15, 0.2) is 0 Å². The molecule has 0 aliphatic heterocycles. The molecule has 0 rings (SSSR count). The number of unbranched alkanes of at least 4 members (excludes halogenated alkanes) is 1. The van der Waals surface area contributed by atoms with Crippen LogP contribution in [0.1, 0.15) is 26.2 Å². The van der Waals surface area contributed by atoms with E-state index in [4.69, 9.17) is 14.2 Å². The Bertz CT molecular complexity index is 218. The maximum absolute atomic E-state index is 10.8. The summed E-state index contributed by atoms with van der Waals surface area (Å²) in [5.74, 6) is -0.348. The minimum absolute atomic E-state index is 0.322. The lowest BCUT2D eigenvalue weighted by Gasteiger charge is -2.29. The quantitative estimate of drug-likeness (QED) is 0.196. The number of hydrogen-bond acceptors (Lipinski definition) is 4. The highest BCUT2D eigenvalue weighted by Gasteiger charge is 2.26. The number of ether oxygens (including phenoxy) is 3. The van der Waals surface area contributed by atoms with Crippen LogP contribution in [0.2, 0.25) is 6.04 Å². The Balaban J connectivity index is 3.62. The van der Waals surface area contributed by atoms with Crippen molar-refractivity contribution in [3.8, 4) is 0 Å². The number of carbonyl (C=O) groups is 1. The van der Waals surface area contributed by atoms with Crippen molar-refractivity contribution < 1.29 is 19.0 Å². The summed E-state index contributed by atoms with van der Waals surface area (Å²) in [5, 5.41) is 0. The molecule has 0 heterocycles. The van der Waals surface area contributed by atoms with E-state index in [0.717, 1.165) is 25.3 Å². The molecule has 0 saturated carbocycles. The molecule has 0 aromatic rings. The fourth-order valence-corrected chi connectivity index (χ4v) is 3.56. The second-order valence-electron chi connectivity index (χ2n) is 3.85. The highest BCUT2D eigenvalue weighted by molar-refractivity contribution is 6.38. The smallest absolute Gasteiger partial charge is 0.330 e. The highest BCUT2D eigenvalue weighted by Crippen LogP contribution is 2.16. The summed E-state index contributed by atoms with van der Waals surface area (Å²) in [5.41, 5.74) is -0.322. The van der Waals surface area contributed by atoms with Crippen molar-refractivity contribution in [1.82, 2.24) is 0 Å². The van der Waals surface area contributed by atoms with E-state index in [0.29, 0.717) is 6.61 Å². The molecule has 0 aliphatic rings. The Labute approximate surface area is 106 Å². The van der Waals surface area contributed by atoms with Gasteiger partial charge in [-0.3, -0.25) is 0 Å². The van der Waals surface area contributed by atoms with E-state index in [1.54, 1.807) is 14.2 Å². The summed E-state index contributed by atoms with van der Waals surface area (Å²) in [6.45, 7) is 5.89. The standard InChI is InChI=1S/C12H24O4Si/c1-5-11(13)16-9-7-8-10-17-12(6-2,14-3)15-4/h5H,1,6-10,17H2,2-4H3. The van der Waals surface area contributed by atoms with E-state index in [1.165, 1.54) is 6.08 Å². The van der Waals surface area contributed by atoms with Crippen LogP contribution >= 0.6 is 0 Å². The van der Waals surface area contributed by atoms with Crippen molar-refractivity contribution in [1.29, 1.82) is 0 Å². The Morgan fingerprint density at radius 2 is 2.00 bits per heavy atom. The first-order valence-corrected chi connectivity index (χ1v) is 7.74. The van der Waals surface area contributed by atoms with Gasteiger partial charge in [0, 0.05) is 20.3 Å². The Morgan fingerprint density at radius 3 is 2.47 bits per heavy atom. The van der Waals surface area contributed by atoms with Crippen molar-refractivity contribution in [3.05, 3.63) is 12.7 Å². The van der Waals surface area contributed by atoms with Gasteiger partial charge in [0.05, 0.1) is 16.1 Å². The van der Waals surface area contributed by atoms with Crippen LogP contribution in [-0.2, 0) is 19.0 Å². The lowest BCUT2D eigenvalue weighted by Crippen LogP contribution is -2.39. The van der Waals surface area contributed by atoms with Crippen molar-refractivity contribution in [2.75, 3.05) is 20.8 Å². The summed E-state index contributed by atoms with van der Waals surface area (Å²) >= 11 is 0. The average Bonchev–Trinajstić information content (AvgIpc) is 2.38. The molecule has 0 bridgehead atoms. The molecule has 0 spiro atoms. The molecule has 100 valence electrons. The van der Waals surface area contributed by atoms with E-state index in [2.05, 4.69) is 13.5 Å². The SMILES string of the molecule is C=CC(=O)OCCCC[SiH2]C(CC)(OC)OC. The molecule has 0 aliphatic carbocycles. The third-order valence-electron chi connectivity index (χ3n) is 2.90. The van der Waals surface area contributed by atoms with Crippen LogP contribution in [0.3, 0.4) is 0 Å². The molecule has 4 nitrogen and oxygen atoms in total. The van der Waals surface area contributed by atoms with Crippen LogP contribution < -0.4 is 0 Å². The second kappa shape index (κ2) is 9.38. The van der Waals surface area contributed by atoms with Gasteiger partial charge in [0.2, 0.25) is 0 Å². The molecule has 0 N–H and O–H groups in total. The van der Waals surface area contributed by atoms with Gasteiger partial charge in [-0.1, -0.05) is 26.0 Å². The number of hydrogen-bond donors (Lipinski definition) is 0. The number of carbonyl (C=O) groups excluding carboxylic acids is 1. The fraction of sp³-hybridized carbons (Fsp3) is 0.750. The van der Waals surface area contributed by atoms with Crippen molar-refractivity contribution in [2.45, 2.75) is 37.6 Å². The van der Waals surface area contributed by atoms with Crippen LogP contribution in [0.15, 0.2) is 12.7 Å². The van der Waals surface area contributed by atoms with Gasteiger partial charge < -0.3 is 14.2 Å². The van der Waals surface area contributed by atoms with Gasteiger partial charge in [-0.15, -0.1) is 0 Å². The fourth-order valence-electron chi connectivity index (χ4n) is 1.66. The molecule has 0 atom stereocenters. The largest absolute Gasteiger partial charge is 0.463 e. The summed E-state index contributed by atoms with van der Waals surface area (Å²) in [6.07, 6.45) is 4.01. The Morgan fingerprint density at radius 1 is 1.35 bits per heavy atom. The monoisotopic (exact) mass is 260 g/mol. The third kappa shape index (κ3) is 6.60. The van der Waals surface area contributed by atoms with E-state index in [9.17, 15) is 4.79 Å². The average molecular weight is 260 g/mol. The molecule has 0 aromatic carbocycles. The number of esters is 1. The predicted molar refractivity (Wildman–Crippen MR) is 70.8 cm³/mol. The molecule has 0 aromatic heterocycles. The Hall–Kier alpha value is -0.653. The predicted octanol–water partition coefficient (Wildman–Crippen LogP) is 1.44. The first-order chi connectivity index (χ1) is 8.14. The summed E-state index contributed by atoms with van der Waals surface area (Å²) in [6, 6.07) is 1.13. The molecular formula is C12H24O4Si. The first-order valence-electron chi connectivity index (χ1n) is 6.03. The lowest BCUT2D eigenvalue weighted by molar-refractivity contribution is -0.146. The van der Waals surface area contributed by atoms with Crippen LogP contribution in [0.5, 0.6) is 0 Å². The van der Waals surface area contributed by atoms with Crippen LogP contribution in [-0.4, -0.2) is 41.7 Å². The minimum Gasteiger partial charge on any atom is -0.463 e. The first kappa shape index (κ1) is 16.3. The highest BCUT2D eigenvalue weighted by atomic mass is 28.2. The maximum atomic E-state index is 10.8. The van der Waals surface area contributed by atoms with Crippen molar-refractivity contribution >= 4 is 15.5 Å². The maximum Gasteiger partial charge on any atom is 0.330 e. The summed E-state index contributed by atoms with van der Waals surface area (Å²) in [7, 11) is 2.96. The van der Waals surface area contributed by atoms with Gasteiger partial charge in [0.1, 0.15) is 5.41 Å². The summed E-state index contributed by atoms with van der Waals surface area (Å²) in [4.78, 5) is 10.8. The zero-order valence-electron chi connectivity index (χ0n) is 11.2. The molecule has 0 amide bonds. The normalized spacial score (nSPS) is 11.9. The third-order valence-corrected chi connectivity index (χ3v) is 5.59. The van der Waals surface area contributed by atoms with Crippen LogP contribution in [0.4, 0.5) is 0 Å². The molecule has 17 heavy (non-hydrogen) atoms. The number of methoxy groups -OCH3 is 2. The van der Waals surface area contributed by atoms with E-state index in [-0.39, 0.29) is 11.4 Å². The van der Waals surface area contributed by atoms with Gasteiger partial charge in [-0.2, -0.15) is 0 Å². The number of rotatable bonds is 10. The van der Waals surface area contributed by atoms with Crippen LogP contribution in [0, 0.1) is 0 Å². The van der Waals surface area contributed by atoms with E-state index < -0.39 is 9.52 Å². The molecular weight excluding hydrogens is 236 g/mol. The zero-order valence-corrected chi connectivity index (χ0v) is 12.6.